The molecule has 0 aliphatic carbocycles. The van der Waals surface area contributed by atoms with Gasteiger partial charge < -0.3 is 14.8 Å². The Labute approximate surface area is 195 Å². The molecule has 1 aliphatic rings. The quantitative estimate of drug-likeness (QED) is 0.351. The highest BCUT2D eigenvalue weighted by molar-refractivity contribution is 8.18. The monoisotopic (exact) mass is 468 g/mol. The molecule has 8 nitrogen and oxygen atoms in total. The van der Waals surface area contributed by atoms with Gasteiger partial charge in [-0.05, 0) is 66.6 Å². The Hall–Kier alpha value is -3.59. The van der Waals surface area contributed by atoms with Crippen LogP contribution in [0.1, 0.15) is 31.9 Å². The van der Waals surface area contributed by atoms with E-state index in [1.165, 1.54) is 13.0 Å². The van der Waals surface area contributed by atoms with E-state index < -0.39 is 23.0 Å². The van der Waals surface area contributed by atoms with Crippen molar-refractivity contribution in [2.45, 2.75) is 27.2 Å². The van der Waals surface area contributed by atoms with Crippen molar-refractivity contribution in [3.63, 3.8) is 0 Å². The van der Waals surface area contributed by atoms with Crippen LogP contribution in [0, 0.1) is 0 Å². The van der Waals surface area contributed by atoms with Gasteiger partial charge in [-0.1, -0.05) is 25.1 Å². The van der Waals surface area contributed by atoms with Gasteiger partial charge in [-0.3, -0.25) is 24.1 Å². The number of rotatable bonds is 8. The molecule has 9 heteroatoms. The average molecular weight is 469 g/mol. The lowest BCUT2D eigenvalue weighted by Crippen LogP contribution is -2.36. The summed E-state index contributed by atoms with van der Waals surface area (Å²) in [6.07, 6.45) is 2.42. The lowest BCUT2D eigenvalue weighted by Gasteiger charge is -2.12. The lowest BCUT2D eigenvalue weighted by atomic mass is 10.1. The van der Waals surface area contributed by atoms with E-state index in [1.54, 1.807) is 37.3 Å². The summed E-state index contributed by atoms with van der Waals surface area (Å²) >= 11 is 0.756. The highest BCUT2D eigenvalue weighted by Crippen LogP contribution is 2.34. The fraction of sp³-hybridized carbons (Fsp3) is 0.250. The molecule has 2 aromatic carbocycles. The van der Waals surface area contributed by atoms with Crippen LogP contribution in [0.5, 0.6) is 11.5 Å². The van der Waals surface area contributed by atoms with Gasteiger partial charge in [0.05, 0.1) is 11.5 Å². The highest BCUT2D eigenvalue weighted by atomic mass is 32.2. The number of imide groups is 1. The molecular weight excluding hydrogens is 444 g/mol. The molecule has 1 aliphatic heterocycles. The molecular formula is C24H24N2O6S. The second-order valence-electron chi connectivity index (χ2n) is 7.10. The molecule has 1 heterocycles. The third-order valence-electron chi connectivity index (χ3n) is 4.64. The summed E-state index contributed by atoms with van der Waals surface area (Å²) in [5, 5.41) is 2.17. The maximum absolute atomic E-state index is 12.8. The summed E-state index contributed by atoms with van der Waals surface area (Å²) in [6, 6.07) is 12.2. The first kappa shape index (κ1) is 24.1. The number of hydrogen-bond acceptors (Lipinski definition) is 7. The Bertz CT molecular complexity index is 1110. The molecule has 2 aromatic rings. The number of hydrogen-bond donors (Lipinski definition) is 1. The van der Waals surface area contributed by atoms with Crippen molar-refractivity contribution in [2.75, 3.05) is 18.5 Å². The third-order valence-corrected chi connectivity index (χ3v) is 5.55. The Morgan fingerprint density at radius 2 is 1.79 bits per heavy atom. The lowest BCUT2D eigenvalue weighted by molar-refractivity contribution is -0.132. The second-order valence-corrected chi connectivity index (χ2v) is 8.09. The second kappa shape index (κ2) is 10.8. The number of nitrogens with one attached hydrogen (secondary N) is 1. The van der Waals surface area contributed by atoms with Crippen LogP contribution < -0.4 is 14.8 Å². The standard InChI is InChI=1S/C24H24N2O6S/c1-4-16-6-9-18(10-7-16)25-22(28)14-26-23(29)21(33-24(26)30)13-17-8-11-19(32-15(3)27)20(12-17)31-5-2/h6-13H,4-5,14H2,1-3H3,(H,25,28)/b21-13+. The summed E-state index contributed by atoms with van der Waals surface area (Å²) in [4.78, 5) is 49.9. The predicted octanol–water partition coefficient (Wildman–Crippen LogP) is 4.25. The Morgan fingerprint density at radius 1 is 1.06 bits per heavy atom. The fourth-order valence-corrected chi connectivity index (χ4v) is 3.92. The van der Waals surface area contributed by atoms with Gasteiger partial charge in [0.25, 0.3) is 11.1 Å². The normalized spacial score (nSPS) is 14.5. The Morgan fingerprint density at radius 3 is 2.42 bits per heavy atom. The molecule has 3 rings (SSSR count). The molecule has 1 fully saturated rings. The Kier molecular flexibility index (Phi) is 7.89. The molecule has 33 heavy (non-hydrogen) atoms. The van der Waals surface area contributed by atoms with Gasteiger partial charge in [0.1, 0.15) is 6.54 Å². The van der Waals surface area contributed by atoms with Crippen molar-refractivity contribution in [3.8, 4) is 11.5 Å². The van der Waals surface area contributed by atoms with E-state index in [-0.39, 0.29) is 17.2 Å². The smallest absolute Gasteiger partial charge is 0.308 e. The van der Waals surface area contributed by atoms with Crippen molar-refractivity contribution >= 4 is 46.5 Å². The van der Waals surface area contributed by atoms with Gasteiger partial charge >= 0.3 is 5.97 Å². The molecule has 0 aromatic heterocycles. The zero-order chi connectivity index (χ0) is 24.0. The topological polar surface area (TPSA) is 102 Å². The molecule has 0 bridgehead atoms. The number of esters is 1. The number of amides is 3. The molecule has 3 amide bonds. The summed E-state index contributed by atoms with van der Waals surface area (Å²) < 4.78 is 10.6. The van der Waals surface area contributed by atoms with Crippen molar-refractivity contribution in [1.29, 1.82) is 0 Å². The van der Waals surface area contributed by atoms with Gasteiger partial charge in [-0.25, -0.2) is 0 Å². The van der Waals surface area contributed by atoms with E-state index in [4.69, 9.17) is 9.47 Å². The molecule has 0 saturated carbocycles. The number of ether oxygens (including phenoxy) is 2. The number of aryl methyl sites for hydroxylation is 1. The number of carbonyl (C=O) groups excluding carboxylic acids is 4. The van der Waals surface area contributed by atoms with Crippen LogP contribution in [-0.4, -0.2) is 41.1 Å². The maximum Gasteiger partial charge on any atom is 0.308 e. The highest BCUT2D eigenvalue weighted by Gasteiger charge is 2.36. The van der Waals surface area contributed by atoms with E-state index in [9.17, 15) is 19.2 Å². The molecule has 0 radical (unpaired) electrons. The first-order valence-corrected chi connectivity index (χ1v) is 11.2. The van der Waals surface area contributed by atoms with E-state index in [0.717, 1.165) is 28.6 Å². The van der Waals surface area contributed by atoms with Crippen molar-refractivity contribution in [1.82, 2.24) is 4.90 Å². The number of nitrogens with zero attached hydrogens (tertiary/aromatic N) is 1. The van der Waals surface area contributed by atoms with Crippen LogP contribution in [0.15, 0.2) is 47.4 Å². The summed E-state index contributed by atoms with van der Waals surface area (Å²) in [5.41, 5.74) is 2.31. The zero-order valence-electron chi connectivity index (χ0n) is 18.5. The van der Waals surface area contributed by atoms with Gasteiger partial charge in [0.2, 0.25) is 5.91 Å². The number of thioether (sulfide) groups is 1. The first-order valence-electron chi connectivity index (χ1n) is 10.4. The van der Waals surface area contributed by atoms with Crippen LogP contribution >= 0.6 is 11.8 Å². The average Bonchev–Trinajstić information content (AvgIpc) is 3.03. The molecule has 0 atom stereocenters. The summed E-state index contributed by atoms with van der Waals surface area (Å²) in [6.45, 7) is 5.08. The van der Waals surface area contributed by atoms with E-state index in [0.29, 0.717) is 23.6 Å². The molecule has 0 unspecified atom stereocenters. The van der Waals surface area contributed by atoms with Crippen LogP contribution in [0.4, 0.5) is 10.5 Å². The molecule has 172 valence electrons. The summed E-state index contributed by atoms with van der Waals surface area (Å²) in [5.74, 6) is -0.896. The minimum atomic E-state index is -0.552. The first-order chi connectivity index (χ1) is 15.8. The third kappa shape index (κ3) is 6.23. The molecule has 1 N–H and O–H groups in total. The van der Waals surface area contributed by atoms with E-state index in [2.05, 4.69) is 5.32 Å². The van der Waals surface area contributed by atoms with Gasteiger partial charge in [-0.2, -0.15) is 0 Å². The minimum absolute atomic E-state index is 0.183. The van der Waals surface area contributed by atoms with Crippen LogP contribution in [0.2, 0.25) is 0 Å². The van der Waals surface area contributed by atoms with Gasteiger partial charge in [0, 0.05) is 12.6 Å². The van der Waals surface area contributed by atoms with E-state index in [1.807, 2.05) is 19.1 Å². The van der Waals surface area contributed by atoms with Crippen LogP contribution in [0.25, 0.3) is 6.08 Å². The Balaban J connectivity index is 1.71. The van der Waals surface area contributed by atoms with Gasteiger partial charge in [-0.15, -0.1) is 0 Å². The predicted molar refractivity (Wildman–Crippen MR) is 126 cm³/mol. The van der Waals surface area contributed by atoms with Gasteiger partial charge in [0.15, 0.2) is 11.5 Å². The molecule has 0 spiro atoms. The minimum Gasteiger partial charge on any atom is -0.490 e. The van der Waals surface area contributed by atoms with Crippen molar-refractivity contribution in [2.24, 2.45) is 0 Å². The number of anilines is 1. The van der Waals surface area contributed by atoms with Crippen LogP contribution in [-0.2, 0) is 20.8 Å². The molecule has 1 saturated heterocycles. The zero-order valence-corrected chi connectivity index (χ0v) is 19.4. The number of benzene rings is 2. The number of carbonyl (C=O) groups is 4. The summed E-state index contributed by atoms with van der Waals surface area (Å²) in [7, 11) is 0. The van der Waals surface area contributed by atoms with E-state index >= 15 is 0 Å². The SMILES string of the molecule is CCOc1cc(/C=C2/SC(=O)N(CC(=O)Nc3ccc(CC)cc3)C2=O)ccc1OC(C)=O. The van der Waals surface area contributed by atoms with Crippen molar-refractivity contribution in [3.05, 3.63) is 58.5 Å². The fourth-order valence-electron chi connectivity index (χ4n) is 3.08. The largest absolute Gasteiger partial charge is 0.490 e. The van der Waals surface area contributed by atoms with Crippen molar-refractivity contribution < 1.29 is 28.7 Å². The van der Waals surface area contributed by atoms with Crippen LogP contribution in [0.3, 0.4) is 0 Å². The maximum atomic E-state index is 12.8.